The molecule has 3 heterocycles. The highest BCUT2D eigenvalue weighted by Crippen LogP contribution is 2.38. The van der Waals surface area contributed by atoms with Crippen LogP contribution in [-0.2, 0) is 9.59 Å². The fourth-order valence-electron chi connectivity index (χ4n) is 3.04. The number of amides is 2. The molecule has 3 fully saturated rings. The molecule has 1 N–H and O–H groups in total. The summed E-state index contributed by atoms with van der Waals surface area (Å²) in [6, 6.07) is 0. The second-order valence-corrected chi connectivity index (χ2v) is 4.93. The van der Waals surface area contributed by atoms with Crippen LogP contribution in [0.15, 0.2) is 0 Å². The van der Waals surface area contributed by atoms with Crippen molar-refractivity contribution in [3.8, 4) is 0 Å². The van der Waals surface area contributed by atoms with Crippen molar-refractivity contribution in [2.24, 2.45) is 5.41 Å². The maximum absolute atomic E-state index is 12.4. The van der Waals surface area contributed by atoms with Gasteiger partial charge in [0.05, 0.1) is 0 Å². The highest BCUT2D eigenvalue weighted by atomic mass is 16.2. The highest BCUT2D eigenvalue weighted by Gasteiger charge is 2.58. The van der Waals surface area contributed by atoms with Gasteiger partial charge in [0.25, 0.3) is 11.8 Å². The minimum absolute atomic E-state index is 0.0319. The van der Waals surface area contributed by atoms with Gasteiger partial charge in [-0.1, -0.05) is 0 Å². The molecule has 0 radical (unpaired) electrons. The summed E-state index contributed by atoms with van der Waals surface area (Å²) in [5, 5.41) is 6.55. The Morgan fingerprint density at radius 1 is 1.00 bits per heavy atom. The average Bonchev–Trinajstić information content (AvgIpc) is 2.55. The molecule has 88 valence electrons. The Bertz CT molecular complexity index is 310. The topological polar surface area (TPSA) is 52.7 Å². The van der Waals surface area contributed by atoms with Crippen molar-refractivity contribution in [1.29, 1.82) is 0 Å². The van der Waals surface area contributed by atoms with E-state index in [0.717, 1.165) is 25.8 Å². The van der Waals surface area contributed by atoms with Crippen LogP contribution in [0.2, 0.25) is 0 Å². The SMILES string of the molecule is O=C1N2CCCCN2C(=O)C12CCCNC2. The molecule has 0 bridgehead atoms. The zero-order valence-electron chi connectivity index (χ0n) is 9.37. The van der Waals surface area contributed by atoms with Crippen LogP contribution < -0.4 is 5.32 Å². The fraction of sp³-hybridized carbons (Fsp3) is 0.818. The molecule has 3 aliphatic rings. The Kier molecular flexibility index (Phi) is 2.17. The number of carbonyl (C=O) groups is 2. The van der Waals surface area contributed by atoms with Crippen LogP contribution in [0.25, 0.3) is 0 Å². The van der Waals surface area contributed by atoms with E-state index < -0.39 is 5.41 Å². The number of fused-ring (bicyclic) bond motifs is 1. The lowest BCUT2D eigenvalue weighted by Gasteiger charge is -2.31. The third kappa shape index (κ3) is 1.15. The normalized spacial score (nSPS) is 28.8. The monoisotopic (exact) mass is 223 g/mol. The first-order valence-electron chi connectivity index (χ1n) is 6.10. The summed E-state index contributed by atoms with van der Waals surface area (Å²) in [5.74, 6) is 0.0637. The van der Waals surface area contributed by atoms with Crippen molar-refractivity contribution in [3.63, 3.8) is 0 Å². The number of hydrogen-bond donors (Lipinski definition) is 1. The van der Waals surface area contributed by atoms with E-state index in [1.54, 1.807) is 10.0 Å². The maximum Gasteiger partial charge on any atom is 0.258 e. The lowest BCUT2D eigenvalue weighted by molar-refractivity contribution is -0.150. The lowest BCUT2D eigenvalue weighted by atomic mass is 9.80. The summed E-state index contributed by atoms with van der Waals surface area (Å²) >= 11 is 0. The number of piperidine rings is 1. The Morgan fingerprint density at radius 2 is 1.62 bits per heavy atom. The molecule has 5 heteroatoms. The average molecular weight is 223 g/mol. The predicted molar refractivity (Wildman–Crippen MR) is 57.2 cm³/mol. The molecule has 16 heavy (non-hydrogen) atoms. The van der Waals surface area contributed by atoms with Crippen molar-refractivity contribution in [2.45, 2.75) is 25.7 Å². The molecule has 1 spiro atoms. The molecule has 3 saturated heterocycles. The van der Waals surface area contributed by atoms with Gasteiger partial charge in [-0.3, -0.25) is 19.6 Å². The predicted octanol–water partition coefficient (Wildman–Crippen LogP) is -0.264. The Labute approximate surface area is 94.7 Å². The summed E-state index contributed by atoms with van der Waals surface area (Å²) in [6.07, 6.45) is 3.65. The Morgan fingerprint density at radius 3 is 2.12 bits per heavy atom. The van der Waals surface area contributed by atoms with Crippen molar-refractivity contribution in [1.82, 2.24) is 15.3 Å². The van der Waals surface area contributed by atoms with Crippen molar-refractivity contribution < 1.29 is 9.59 Å². The quantitative estimate of drug-likeness (QED) is 0.575. The van der Waals surface area contributed by atoms with Gasteiger partial charge in [0, 0.05) is 19.6 Å². The van der Waals surface area contributed by atoms with Gasteiger partial charge in [-0.2, -0.15) is 0 Å². The molecule has 5 nitrogen and oxygen atoms in total. The van der Waals surface area contributed by atoms with Crippen LogP contribution in [0.5, 0.6) is 0 Å². The van der Waals surface area contributed by atoms with Crippen LogP contribution in [0.3, 0.4) is 0 Å². The second kappa shape index (κ2) is 3.45. The third-order valence-electron chi connectivity index (χ3n) is 3.95. The smallest absolute Gasteiger partial charge is 0.258 e. The molecular formula is C11H17N3O2. The first-order valence-corrected chi connectivity index (χ1v) is 6.10. The van der Waals surface area contributed by atoms with Gasteiger partial charge >= 0.3 is 0 Å². The van der Waals surface area contributed by atoms with Gasteiger partial charge < -0.3 is 5.32 Å². The number of hydrazine groups is 1. The van der Waals surface area contributed by atoms with Crippen LogP contribution in [-0.4, -0.2) is 48.0 Å². The van der Waals surface area contributed by atoms with Crippen molar-refractivity contribution in [3.05, 3.63) is 0 Å². The molecule has 3 aliphatic heterocycles. The van der Waals surface area contributed by atoms with Gasteiger partial charge in [-0.05, 0) is 32.2 Å². The Balaban J connectivity index is 1.94. The standard InChI is InChI=1S/C11H17N3O2/c15-9-11(4-3-5-12-8-11)10(16)14-7-2-1-6-13(9)14/h12H,1-8H2. The van der Waals surface area contributed by atoms with Gasteiger partial charge in [0.2, 0.25) is 0 Å². The molecule has 0 aromatic rings. The molecule has 2 amide bonds. The highest BCUT2D eigenvalue weighted by molar-refractivity contribution is 6.10. The lowest BCUT2D eigenvalue weighted by Crippen LogP contribution is -2.49. The zero-order chi connectivity index (χ0) is 11.2. The summed E-state index contributed by atoms with van der Waals surface area (Å²) in [6.45, 7) is 2.87. The van der Waals surface area contributed by atoms with Gasteiger partial charge in [-0.25, -0.2) is 0 Å². The van der Waals surface area contributed by atoms with Gasteiger partial charge in [-0.15, -0.1) is 0 Å². The number of nitrogens with one attached hydrogen (secondary N) is 1. The van der Waals surface area contributed by atoms with Gasteiger partial charge in [0.15, 0.2) is 0 Å². The molecule has 3 rings (SSSR count). The molecule has 0 aromatic heterocycles. The van der Waals surface area contributed by atoms with E-state index in [-0.39, 0.29) is 11.8 Å². The van der Waals surface area contributed by atoms with E-state index in [9.17, 15) is 9.59 Å². The largest absolute Gasteiger partial charge is 0.315 e. The summed E-state index contributed by atoms with van der Waals surface area (Å²) in [5.41, 5.74) is -0.761. The van der Waals surface area contributed by atoms with E-state index in [1.165, 1.54) is 0 Å². The summed E-state index contributed by atoms with van der Waals surface area (Å²) in [4.78, 5) is 24.7. The van der Waals surface area contributed by atoms with Gasteiger partial charge in [0.1, 0.15) is 5.41 Å². The Hall–Kier alpha value is -1.10. The minimum Gasteiger partial charge on any atom is -0.315 e. The third-order valence-corrected chi connectivity index (χ3v) is 3.95. The number of nitrogens with zero attached hydrogens (tertiary/aromatic N) is 2. The molecule has 0 saturated carbocycles. The molecular weight excluding hydrogens is 206 g/mol. The van der Waals surface area contributed by atoms with E-state index >= 15 is 0 Å². The van der Waals surface area contributed by atoms with E-state index in [2.05, 4.69) is 5.32 Å². The molecule has 0 atom stereocenters. The number of hydrogen-bond acceptors (Lipinski definition) is 3. The van der Waals surface area contributed by atoms with Crippen LogP contribution >= 0.6 is 0 Å². The minimum atomic E-state index is -0.761. The molecule has 0 unspecified atom stereocenters. The summed E-state index contributed by atoms with van der Waals surface area (Å²) in [7, 11) is 0. The van der Waals surface area contributed by atoms with E-state index in [1.807, 2.05) is 0 Å². The zero-order valence-corrected chi connectivity index (χ0v) is 9.37. The summed E-state index contributed by atoms with van der Waals surface area (Å²) < 4.78 is 0. The maximum atomic E-state index is 12.4. The number of rotatable bonds is 0. The van der Waals surface area contributed by atoms with Crippen LogP contribution in [0.4, 0.5) is 0 Å². The van der Waals surface area contributed by atoms with E-state index in [0.29, 0.717) is 26.1 Å². The van der Waals surface area contributed by atoms with Crippen molar-refractivity contribution in [2.75, 3.05) is 26.2 Å². The first-order chi connectivity index (χ1) is 7.76. The second-order valence-electron chi connectivity index (χ2n) is 4.93. The van der Waals surface area contributed by atoms with Crippen LogP contribution in [0.1, 0.15) is 25.7 Å². The number of carbonyl (C=O) groups excluding carboxylic acids is 2. The van der Waals surface area contributed by atoms with Crippen LogP contribution in [0, 0.1) is 5.41 Å². The van der Waals surface area contributed by atoms with E-state index in [4.69, 9.17) is 0 Å². The molecule has 0 aromatic carbocycles. The molecule has 0 aliphatic carbocycles. The van der Waals surface area contributed by atoms with Crippen molar-refractivity contribution >= 4 is 11.8 Å². The fourth-order valence-corrected chi connectivity index (χ4v) is 3.04. The first kappa shape index (κ1) is 10.1.